The van der Waals surface area contributed by atoms with Gasteiger partial charge in [0.2, 0.25) is 5.91 Å². The van der Waals surface area contributed by atoms with E-state index in [4.69, 9.17) is 9.84 Å². The van der Waals surface area contributed by atoms with E-state index in [2.05, 4.69) is 11.9 Å². The Morgan fingerprint density at radius 1 is 1.43 bits per heavy atom. The Labute approximate surface area is 82.7 Å². The van der Waals surface area contributed by atoms with E-state index in [1.54, 1.807) is 6.08 Å². The van der Waals surface area contributed by atoms with Gasteiger partial charge in [-0.1, -0.05) is 6.08 Å². The molecule has 0 aromatic carbocycles. The zero-order valence-electron chi connectivity index (χ0n) is 7.99. The summed E-state index contributed by atoms with van der Waals surface area (Å²) in [6.45, 7) is 4.82. The van der Waals surface area contributed by atoms with Crippen LogP contribution in [0.5, 0.6) is 0 Å². The third-order valence-electron chi connectivity index (χ3n) is 1.35. The van der Waals surface area contributed by atoms with Crippen LogP contribution in [0.2, 0.25) is 0 Å². The highest BCUT2D eigenvalue weighted by atomic mass is 16.5. The third-order valence-corrected chi connectivity index (χ3v) is 1.35. The largest absolute Gasteiger partial charge is 0.481 e. The van der Waals surface area contributed by atoms with E-state index in [9.17, 15) is 9.59 Å². The van der Waals surface area contributed by atoms with Crippen LogP contribution in [0.1, 0.15) is 12.8 Å². The van der Waals surface area contributed by atoms with Crippen molar-refractivity contribution in [2.24, 2.45) is 0 Å². The average molecular weight is 201 g/mol. The summed E-state index contributed by atoms with van der Waals surface area (Å²) in [7, 11) is 0. The molecule has 0 aromatic rings. The van der Waals surface area contributed by atoms with Crippen molar-refractivity contribution >= 4 is 11.9 Å². The van der Waals surface area contributed by atoms with Crippen LogP contribution in [-0.4, -0.2) is 36.7 Å². The van der Waals surface area contributed by atoms with E-state index in [1.807, 2.05) is 0 Å². The number of amides is 1. The Kier molecular flexibility index (Phi) is 7.45. The monoisotopic (exact) mass is 201 g/mol. The number of nitrogens with one attached hydrogen (secondary N) is 1. The molecule has 0 aliphatic heterocycles. The van der Waals surface area contributed by atoms with Gasteiger partial charge >= 0.3 is 5.97 Å². The van der Waals surface area contributed by atoms with E-state index >= 15 is 0 Å². The van der Waals surface area contributed by atoms with Crippen LogP contribution in [0.3, 0.4) is 0 Å². The third kappa shape index (κ3) is 8.73. The molecule has 0 saturated carbocycles. The molecule has 0 bridgehead atoms. The van der Waals surface area contributed by atoms with Gasteiger partial charge in [0.05, 0.1) is 13.2 Å². The van der Waals surface area contributed by atoms with Crippen LogP contribution in [0, 0.1) is 0 Å². The second kappa shape index (κ2) is 8.25. The summed E-state index contributed by atoms with van der Waals surface area (Å²) in [5, 5.41) is 10.7. The maximum atomic E-state index is 10.8. The molecule has 5 heteroatoms. The summed E-state index contributed by atoms with van der Waals surface area (Å²) in [6.07, 6.45) is 2.01. The number of carbonyl (C=O) groups excluding carboxylic acids is 1. The van der Waals surface area contributed by atoms with Crippen molar-refractivity contribution in [2.45, 2.75) is 12.8 Å². The topological polar surface area (TPSA) is 75.6 Å². The molecule has 0 radical (unpaired) electrons. The molecule has 80 valence electrons. The van der Waals surface area contributed by atoms with E-state index < -0.39 is 18.3 Å². The minimum absolute atomic E-state index is 0.337. The SMILES string of the molecule is C=CCCOCCNC(=O)CC(=O)O. The van der Waals surface area contributed by atoms with Gasteiger partial charge in [0.15, 0.2) is 0 Å². The van der Waals surface area contributed by atoms with Crippen molar-refractivity contribution < 1.29 is 19.4 Å². The van der Waals surface area contributed by atoms with Gasteiger partial charge in [-0.2, -0.15) is 0 Å². The molecule has 0 aliphatic carbocycles. The van der Waals surface area contributed by atoms with Gasteiger partial charge in [-0.25, -0.2) is 0 Å². The van der Waals surface area contributed by atoms with Crippen LogP contribution >= 0.6 is 0 Å². The Bertz CT molecular complexity index is 203. The predicted octanol–water partition coefficient (Wildman–Crippen LogP) is 0.170. The first-order chi connectivity index (χ1) is 6.66. The Hall–Kier alpha value is -1.36. The quantitative estimate of drug-likeness (QED) is 0.333. The highest BCUT2D eigenvalue weighted by Crippen LogP contribution is 1.83. The normalized spacial score (nSPS) is 9.43. The minimum Gasteiger partial charge on any atom is -0.481 e. The Morgan fingerprint density at radius 3 is 2.71 bits per heavy atom. The number of ether oxygens (including phenoxy) is 1. The van der Waals surface area contributed by atoms with Crippen LogP contribution in [0.15, 0.2) is 12.7 Å². The second-order valence-corrected chi connectivity index (χ2v) is 2.61. The summed E-state index contributed by atoms with van der Waals surface area (Å²) >= 11 is 0. The summed E-state index contributed by atoms with van der Waals surface area (Å²) in [5.74, 6) is -1.63. The van der Waals surface area contributed by atoms with E-state index in [0.717, 1.165) is 6.42 Å². The molecule has 0 heterocycles. The molecule has 0 fully saturated rings. The molecule has 5 nitrogen and oxygen atoms in total. The number of rotatable bonds is 8. The van der Waals surface area contributed by atoms with Crippen molar-refractivity contribution in [3.05, 3.63) is 12.7 Å². The van der Waals surface area contributed by atoms with Gasteiger partial charge in [0.1, 0.15) is 6.42 Å². The molecule has 1 amide bonds. The highest BCUT2D eigenvalue weighted by Gasteiger charge is 2.05. The number of carboxylic acid groups (broad SMARTS) is 1. The van der Waals surface area contributed by atoms with Crippen molar-refractivity contribution in [1.29, 1.82) is 0 Å². The van der Waals surface area contributed by atoms with E-state index in [-0.39, 0.29) is 0 Å². The van der Waals surface area contributed by atoms with Gasteiger partial charge in [0.25, 0.3) is 0 Å². The fraction of sp³-hybridized carbons (Fsp3) is 0.556. The van der Waals surface area contributed by atoms with Crippen LogP contribution < -0.4 is 5.32 Å². The number of aliphatic carboxylic acids is 1. The molecule has 0 saturated heterocycles. The predicted molar refractivity (Wildman–Crippen MR) is 50.9 cm³/mol. The lowest BCUT2D eigenvalue weighted by molar-refractivity contribution is -0.140. The van der Waals surface area contributed by atoms with Crippen LogP contribution in [0.4, 0.5) is 0 Å². The zero-order valence-corrected chi connectivity index (χ0v) is 7.99. The Balaban J connectivity index is 3.23. The maximum absolute atomic E-state index is 10.8. The standard InChI is InChI=1S/C9H15NO4/c1-2-3-5-14-6-4-10-8(11)7-9(12)13/h2H,1,3-7H2,(H,10,11)(H,12,13). The van der Waals surface area contributed by atoms with Crippen molar-refractivity contribution in [1.82, 2.24) is 5.32 Å². The average Bonchev–Trinajstić information content (AvgIpc) is 2.10. The molecule has 0 atom stereocenters. The minimum atomic E-state index is -1.13. The summed E-state index contributed by atoms with van der Waals surface area (Å²) in [6, 6.07) is 0. The van der Waals surface area contributed by atoms with Crippen molar-refractivity contribution in [3.63, 3.8) is 0 Å². The smallest absolute Gasteiger partial charge is 0.312 e. The number of hydrogen-bond donors (Lipinski definition) is 2. The first kappa shape index (κ1) is 12.6. The van der Waals surface area contributed by atoms with Crippen LogP contribution in [-0.2, 0) is 14.3 Å². The first-order valence-electron chi connectivity index (χ1n) is 4.34. The summed E-state index contributed by atoms with van der Waals surface area (Å²) in [5.41, 5.74) is 0. The molecule has 0 unspecified atom stereocenters. The van der Waals surface area contributed by atoms with E-state index in [0.29, 0.717) is 19.8 Å². The number of hydrogen-bond acceptors (Lipinski definition) is 3. The molecule has 0 aliphatic rings. The zero-order chi connectivity index (χ0) is 10.8. The van der Waals surface area contributed by atoms with Crippen LogP contribution in [0.25, 0.3) is 0 Å². The highest BCUT2D eigenvalue weighted by molar-refractivity contribution is 5.93. The summed E-state index contributed by atoms with van der Waals surface area (Å²) < 4.78 is 5.10. The van der Waals surface area contributed by atoms with Gasteiger partial charge in [0, 0.05) is 6.54 Å². The lowest BCUT2D eigenvalue weighted by Gasteiger charge is -2.03. The summed E-state index contributed by atoms with van der Waals surface area (Å²) in [4.78, 5) is 20.9. The first-order valence-corrected chi connectivity index (χ1v) is 4.34. The van der Waals surface area contributed by atoms with Gasteiger partial charge in [-0.15, -0.1) is 6.58 Å². The lowest BCUT2D eigenvalue weighted by atomic mass is 10.4. The maximum Gasteiger partial charge on any atom is 0.312 e. The molecule has 14 heavy (non-hydrogen) atoms. The lowest BCUT2D eigenvalue weighted by Crippen LogP contribution is -2.28. The fourth-order valence-electron chi connectivity index (χ4n) is 0.731. The molecule has 0 spiro atoms. The van der Waals surface area contributed by atoms with Gasteiger partial charge in [-0.3, -0.25) is 9.59 Å². The van der Waals surface area contributed by atoms with Crippen molar-refractivity contribution in [2.75, 3.05) is 19.8 Å². The molecule has 0 aromatic heterocycles. The van der Waals surface area contributed by atoms with Gasteiger partial charge < -0.3 is 15.2 Å². The number of carbonyl (C=O) groups is 2. The fourth-order valence-corrected chi connectivity index (χ4v) is 0.731. The molecular weight excluding hydrogens is 186 g/mol. The molecular formula is C9H15NO4. The van der Waals surface area contributed by atoms with E-state index in [1.165, 1.54) is 0 Å². The molecule has 0 rings (SSSR count). The van der Waals surface area contributed by atoms with Gasteiger partial charge in [-0.05, 0) is 6.42 Å². The molecule has 2 N–H and O–H groups in total. The second-order valence-electron chi connectivity index (χ2n) is 2.61. The Morgan fingerprint density at radius 2 is 2.14 bits per heavy atom. The number of carboxylic acids is 1. The van der Waals surface area contributed by atoms with Crippen molar-refractivity contribution in [3.8, 4) is 0 Å².